The molecule has 8 nitrogen and oxygen atoms in total. The SMILES string of the molecule is Cn1c(N2CC[C@@H](NCc3cnc4n3CCC4)C2)cc(=O)n(C)c1=O. The van der Waals surface area contributed by atoms with E-state index in [1.54, 1.807) is 17.7 Å². The van der Waals surface area contributed by atoms with Gasteiger partial charge in [-0.2, -0.15) is 0 Å². The number of anilines is 1. The van der Waals surface area contributed by atoms with Gasteiger partial charge in [0.15, 0.2) is 0 Å². The summed E-state index contributed by atoms with van der Waals surface area (Å²) in [7, 11) is 3.22. The van der Waals surface area contributed by atoms with E-state index in [4.69, 9.17) is 0 Å². The van der Waals surface area contributed by atoms with Crippen LogP contribution in [0.3, 0.4) is 0 Å². The number of aryl methyl sites for hydroxylation is 1. The van der Waals surface area contributed by atoms with Crippen molar-refractivity contribution in [2.75, 3.05) is 18.0 Å². The van der Waals surface area contributed by atoms with Gasteiger partial charge < -0.3 is 14.8 Å². The van der Waals surface area contributed by atoms with Crippen LogP contribution in [0.25, 0.3) is 0 Å². The molecule has 2 aromatic rings. The molecule has 2 aromatic heterocycles. The molecule has 2 aliphatic heterocycles. The zero-order valence-corrected chi connectivity index (χ0v) is 14.7. The van der Waals surface area contributed by atoms with E-state index < -0.39 is 0 Å². The topological polar surface area (TPSA) is 77.1 Å². The first kappa shape index (κ1) is 16.1. The Kier molecular flexibility index (Phi) is 3.99. The van der Waals surface area contributed by atoms with Crippen molar-refractivity contribution in [3.05, 3.63) is 44.6 Å². The van der Waals surface area contributed by atoms with Crippen LogP contribution in [0.1, 0.15) is 24.4 Å². The summed E-state index contributed by atoms with van der Waals surface area (Å²) in [5, 5.41) is 3.60. The summed E-state index contributed by atoms with van der Waals surface area (Å²) < 4.78 is 4.99. The van der Waals surface area contributed by atoms with Crippen molar-refractivity contribution in [2.24, 2.45) is 14.1 Å². The predicted molar refractivity (Wildman–Crippen MR) is 94.9 cm³/mol. The third-order valence-electron chi connectivity index (χ3n) is 5.39. The van der Waals surface area contributed by atoms with Gasteiger partial charge in [-0.15, -0.1) is 0 Å². The van der Waals surface area contributed by atoms with E-state index in [0.717, 1.165) is 43.6 Å². The average Bonchev–Trinajstić information content (AvgIpc) is 3.31. The van der Waals surface area contributed by atoms with Crippen molar-refractivity contribution >= 4 is 5.82 Å². The van der Waals surface area contributed by atoms with Gasteiger partial charge in [-0.3, -0.25) is 13.9 Å². The standard InChI is InChI=1S/C17H24N6O2/c1-20-15(8-16(24)21(2)17(20)25)22-7-5-12(11-22)18-9-13-10-19-14-4-3-6-23(13)14/h8,10,12,18H,3-7,9,11H2,1-2H3/t12-/m1/s1. The molecule has 0 saturated carbocycles. The van der Waals surface area contributed by atoms with E-state index in [2.05, 4.69) is 19.8 Å². The van der Waals surface area contributed by atoms with E-state index in [9.17, 15) is 9.59 Å². The van der Waals surface area contributed by atoms with Crippen LogP contribution < -0.4 is 21.5 Å². The Labute approximate surface area is 145 Å². The Morgan fingerprint density at radius 1 is 1.24 bits per heavy atom. The molecule has 0 amide bonds. The highest BCUT2D eigenvalue weighted by atomic mass is 16.2. The lowest BCUT2D eigenvalue weighted by atomic mass is 10.2. The van der Waals surface area contributed by atoms with Crippen LogP contribution in [0.2, 0.25) is 0 Å². The fourth-order valence-electron chi connectivity index (χ4n) is 3.87. The molecule has 8 heteroatoms. The van der Waals surface area contributed by atoms with Crippen molar-refractivity contribution in [3.63, 3.8) is 0 Å². The van der Waals surface area contributed by atoms with Gasteiger partial charge in [-0.25, -0.2) is 9.78 Å². The van der Waals surface area contributed by atoms with Gasteiger partial charge in [0, 0.05) is 65.0 Å². The molecule has 1 saturated heterocycles. The van der Waals surface area contributed by atoms with Gasteiger partial charge in [-0.1, -0.05) is 0 Å². The van der Waals surface area contributed by atoms with Gasteiger partial charge in [0.2, 0.25) is 0 Å². The molecule has 1 N–H and O–H groups in total. The summed E-state index contributed by atoms with van der Waals surface area (Å²) in [5.74, 6) is 1.89. The minimum atomic E-state index is -0.284. The summed E-state index contributed by atoms with van der Waals surface area (Å²) in [4.78, 5) is 30.6. The highest BCUT2D eigenvalue weighted by molar-refractivity contribution is 5.40. The Hall–Kier alpha value is -2.35. The van der Waals surface area contributed by atoms with E-state index >= 15 is 0 Å². The number of fused-ring (bicyclic) bond motifs is 1. The van der Waals surface area contributed by atoms with Crippen LogP contribution in [0.15, 0.2) is 21.9 Å². The minimum Gasteiger partial charge on any atom is -0.356 e. The molecule has 134 valence electrons. The second-order valence-corrected chi connectivity index (χ2v) is 6.97. The molecule has 25 heavy (non-hydrogen) atoms. The summed E-state index contributed by atoms with van der Waals surface area (Å²) in [5.41, 5.74) is 0.699. The number of hydrogen-bond acceptors (Lipinski definition) is 5. The Bertz CT molecular complexity index is 909. The normalized spacial score (nSPS) is 19.6. The fraction of sp³-hybridized carbons (Fsp3) is 0.588. The van der Waals surface area contributed by atoms with E-state index in [0.29, 0.717) is 11.9 Å². The van der Waals surface area contributed by atoms with E-state index in [1.807, 2.05) is 6.20 Å². The molecule has 1 atom stereocenters. The maximum absolute atomic E-state index is 12.1. The molecule has 4 rings (SSSR count). The van der Waals surface area contributed by atoms with Crippen LogP contribution in [-0.2, 0) is 33.6 Å². The summed E-state index contributed by atoms with van der Waals surface area (Å²) in [6.45, 7) is 3.50. The number of aromatic nitrogens is 4. The summed E-state index contributed by atoms with van der Waals surface area (Å²) in [6, 6.07) is 1.89. The van der Waals surface area contributed by atoms with Crippen LogP contribution in [0.5, 0.6) is 0 Å². The summed E-state index contributed by atoms with van der Waals surface area (Å²) in [6.07, 6.45) is 5.22. The van der Waals surface area contributed by atoms with Crippen molar-refractivity contribution in [1.29, 1.82) is 0 Å². The molecule has 2 aliphatic rings. The van der Waals surface area contributed by atoms with Gasteiger partial charge in [0.05, 0.1) is 5.69 Å². The number of nitrogens with one attached hydrogen (secondary N) is 1. The molecule has 1 fully saturated rings. The molecule has 0 aliphatic carbocycles. The first-order chi connectivity index (χ1) is 12.0. The third kappa shape index (κ3) is 2.80. The number of nitrogens with zero attached hydrogens (tertiary/aromatic N) is 5. The largest absolute Gasteiger partial charge is 0.356 e. The summed E-state index contributed by atoms with van der Waals surface area (Å²) >= 11 is 0. The van der Waals surface area contributed by atoms with Gasteiger partial charge in [0.1, 0.15) is 11.6 Å². The maximum atomic E-state index is 12.1. The molecule has 0 bridgehead atoms. The number of imidazole rings is 1. The lowest BCUT2D eigenvalue weighted by molar-refractivity contribution is 0.531. The van der Waals surface area contributed by atoms with Gasteiger partial charge in [0.25, 0.3) is 5.56 Å². The third-order valence-corrected chi connectivity index (χ3v) is 5.39. The van der Waals surface area contributed by atoms with Gasteiger partial charge in [-0.05, 0) is 12.8 Å². The molecule has 4 heterocycles. The zero-order valence-electron chi connectivity index (χ0n) is 14.7. The Morgan fingerprint density at radius 3 is 2.92 bits per heavy atom. The zero-order chi connectivity index (χ0) is 17.6. The fourth-order valence-corrected chi connectivity index (χ4v) is 3.87. The van der Waals surface area contributed by atoms with Crippen LogP contribution >= 0.6 is 0 Å². The van der Waals surface area contributed by atoms with Crippen LogP contribution in [0, 0.1) is 0 Å². The smallest absolute Gasteiger partial charge is 0.332 e. The molecular weight excluding hydrogens is 320 g/mol. The van der Waals surface area contributed by atoms with Crippen molar-refractivity contribution in [3.8, 4) is 0 Å². The number of hydrogen-bond donors (Lipinski definition) is 1. The van der Waals surface area contributed by atoms with Crippen LogP contribution in [-0.4, -0.2) is 37.8 Å². The first-order valence-electron chi connectivity index (χ1n) is 8.83. The molecule has 0 aromatic carbocycles. The van der Waals surface area contributed by atoms with E-state index in [-0.39, 0.29) is 11.2 Å². The van der Waals surface area contributed by atoms with Crippen molar-refractivity contribution in [1.82, 2.24) is 24.0 Å². The highest BCUT2D eigenvalue weighted by Gasteiger charge is 2.25. The van der Waals surface area contributed by atoms with Crippen LogP contribution in [0.4, 0.5) is 5.82 Å². The lowest BCUT2D eigenvalue weighted by Crippen LogP contribution is -2.40. The quantitative estimate of drug-likeness (QED) is 0.816. The predicted octanol–water partition coefficient (Wildman–Crippen LogP) is -0.405. The second-order valence-electron chi connectivity index (χ2n) is 6.97. The van der Waals surface area contributed by atoms with Gasteiger partial charge >= 0.3 is 5.69 Å². The molecule has 0 radical (unpaired) electrons. The molecule has 0 unspecified atom stereocenters. The first-order valence-corrected chi connectivity index (χ1v) is 8.83. The second kappa shape index (κ2) is 6.18. The minimum absolute atomic E-state index is 0.260. The molecule has 0 spiro atoms. The van der Waals surface area contributed by atoms with Crippen molar-refractivity contribution in [2.45, 2.75) is 38.4 Å². The Balaban J connectivity index is 1.43. The monoisotopic (exact) mass is 344 g/mol. The number of rotatable bonds is 4. The maximum Gasteiger partial charge on any atom is 0.332 e. The van der Waals surface area contributed by atoms with Crippen molar-refractivity contribution < 1.29 is 0 Å². The molecular formula is C17H24N6O2. The highest BCUT2D eigenvalue weighted by Crippen LogP contribution is 2.19. The lowest BCUT2D eigenvalue weighted by Gasteiger charge is -2.21. The van der Waals surface area contributed by atoms with E-state index in [1.165, 1.54) is 25.0 Å². The Morgan fingerprint density at radius 2 is 2.08 bits per heavy atom. The average molecular weight is 344 g/mol.